The lowest BCUT2D eigenvalue weighted by atomic mass is 10.1. The third-order valence-corrected chi connectivity index (χ3v) is 1.45. The summed E-state index contributed by atoms with van der Waals surface area (Å²) < 4.78 is 24.2. The highest BCUT2D eigenvalue weighted by molar-refractivity contribution is 5.94. The average Bonchev–Trinajstić information content (AvgIpc) is 2.31. The first-order chi connectivity index (χ1) is 5.52. The summed E-state index contributed by atoms with van der Waals surface area (Å²) in [7, 11) is 0. The number of hydrogen-bond acceptors (Lipinski definition) is 1. The lowest BCUT2D eigenvalue weighted by molar-refractivity contribution is -0.132. The zero-order chi connectivity index (χ0) is 9.30. The van der Waals surface area contributed by atoms with Gasteiger partial charge in [0.1, 0.15) is 0 Å². The number of aliphatic carboxylic acids is 1. The van der Waals surface area contributed by atoms with Crippen LogP contribution in [-0.4, -0.2) is 17.5 Å². The molecule has 0 spiro atoms. The first-order valence-electron chi connectivity index (χ1n) is 3.16. The van der Waals surface area contributed by atoms with E-state index in [-0.39, 0.29) is 5.57 Å². The highest BCUT2D eigenvalue weighted by atomic mass is 19.3. The van der Waals surface area contributed by atoms with Crippen molar-refractivity contribution in [3.05, 3.63) is 35.5 Å². The van der Waals surface area contributed by atoms with Crippen LogP contribution < -0.4 is 0 Å². The van der Waals surface area contributed by atoms with Crippen LogP contribution in [0.25, 0.3) is 0 Å². The summed E-state index contributed by atoms with van der Waals surface area (Å²) in [5.74, 6) is -1.35. The molecule has 0 heterocycles. The number of hydrogen-bond donors (Lipinski definition) is 1. The van der Waals surface area contributed by atoms with Gasteiger partial charge in [-0.1, -0.05) is 6.58 Å². The highest BCUT2D eigenvalue weighted by Crippen LogP contribution is 2.27. The third kappa shape index (κ3) is 1.42. The SMILES string of the molecule is C=C1C=C(C(=O)O)C(C(F)F)=C1. The minimum absolute atomic E-state index is 0.294. The van der Waals surface area contributed by atoms with Crippen molar-refractivity contribution in [2.75, 3.05) is 0 Å². The minimum atomic E-state index is -2.76. The average molecular weight is 172 g/mol. The van der Waals surface area contributed by atoms with Crippen LogP contribution >= 0.6 is 0 Å². The van der Waals surface area contributed by atoms with Crippen molar-refractivity contribution in [3.8, 4) is 0 Å². The van der Waals surface area contributed by atoms with Crippen LogP contribution in [0.15, 0.2) is 35.5 Å². The number of carboxylic acids is 1. The van der Waals surface area contributed by atoms with E-state index in [1.807, 2.05) is 0 Å². The van der Waals surface area contributed by atoms with Crippen molar-refractivity contribution in [1.82, 2.24) is 0 Å². The Morgan fingerprint density at radius 2 is 2.08 bits per heavy atom. The Morgan fingerprint density at radius 3 is 2.42 bits per heavy atom. The molecule has 1 aliphatic carbocycles. The van der Waals surface area contributed by atoms with E-state index in [4.69, 9.17) is 5.11 Å². The summed E-state index contributed by atoms with van der Waals surface area (Å²) >= 11 is 0. The van der Waals surface area contributed by atoms with E-state index in [0.29, 0.717) is 5.57 Å². The molecule has 0 aromatic heterocycles. The normalized spacial score (nSPS) is 16.4. The molecule has 0 saturated heterocycles. The smallest absolute Gasteiger partial charge is 0.336 e. The van der Waals surface area contributed by atoms with Gasteiger partial charge in [0.2, 0.25) is 0 Å². The monoisotopic (exact) mass is 172 g/mol. The fraction of sp³-hybridized carbons (Fsp3) is 0.125. The molecule has 2 nitrogen and oxygen atoms in total. The van der Waals surface area contributed by atoms with Crippen LogP contribution in [-0.2, 0) is 4.79 Å². The Morgan fingerprint density at radius 1 is 1.50 bits per heavy atom. The van der Waals surface area contributed by atoms with Gasteiger partial charge in [-0.25, -0.2) is 13.6 Å². The van der Waals surface area contributed by atoms with Crippen LogP contribution in [0.5, 0.6) is 0 Å². The minimum Gasteiger partial charge on any atom is -0.478 e. The fourth-order valence-corrected chi connectivity index (χ4v) is 0.954. The summed E-state index contributed by atoms with van der Waals surface area (Å²) in [6.07, 6.45) is -0.551. The van der Waals surface area contributed by atoms with E-state index in [0.717, 1.165) is 12.2 Å². The van der Waals surface area contributed by atoms with Gasteiger partial charge < -0.3 is 5.11 Å². The van der Waals surface area contributed by atoms with Gasteiger partial charge in [-0.3, -0.25) is 0 Å². The molecule has 0 unspecified atom stereocenters. The van der Waals surface area contributed by atoms with Gasteiger partial charge in [-0.05, 0) is 17.7 Å². The zero-order valence-corrected chi connectivity index (χ0v) is 6.05. The van der Waals surface area contributed by atoms with Crippen molar-refractivity contribution in [2.45, 2.75) is 6.43 Å². The standard InChI is InChI=1S/C8H6F2O2/c1-4-2-5(7(9)10)6(3-4)8(11)12/h2-3,7H,1H2,(H,11,12). The molecule has 0 saturated carbocycles. The Hall–Kier alpha value is -1.45. The van der Waals surface area contributed by atoms with Gasteiger partial charge in [0.25, 0.3) is 6.43 Å². The van der Waals surface area contributed by atoms with Gasteiger partial charge in [-0.2, -0.15) is 0 Å². The summed E-state index contributed by atoms with van der Waals surface area (Å²) in [4.78, 5) is 10.4. The first-order valence-corrected chi connectivity index (χ1v) is 3.16. The Kier molecular flexibility index (Phi) is 2.08. The molecule has 0 aromatic carbocycles. The third-order valence-electron chi connectivity index (χ3n) is 1.45. The van der Waals surface area contributed by atoms with Crippen LogP contribution in [0.4, 0.5) is 8.78 Å². The van der Waals surface area contributed by atoms with Crippen molar-refractivity contribution in [2.24, 2.45) is 0 Å². The van der Waals surface area contributed by atoms with E-state index in [2.05, 4.69) is 6.58 Å². The molecule has 0 bridgehead atoms. The Balaban J connectivity index is 3.03. The number of carbonyl (C=O) groups is 1. The number of carboxylic acid groups (broad SMARTS) is 1. The topological polar surface area (TPSA) is 37.3 Å². The first kappa shape index (κ1) is 8.64. The molecule has 0 aliphatic heterocycles. The van der Waals surface area contributed by atoms with Gasteiger partial charge in [0.15, 0.2) is 0 Å². The second-order valence-corrected chi connectivity index (χ2v) is 2.34. The molecule has 1 N–H and O–H groups in total. The molecule has 1 rings (SSSR count). The predicted molar refractivity (Wildman–Crippen MR) is 38.9 cm³/mol. The van der Waals surface area contributed by atoms with E-state index in [1.165, 1.54) is 0 Å². The fourth-order valence-electron chi connectivity index (χ4n) is 0.954. The molecule has 0 fully saturated rings. The van der Waals surface area contributed by atoms with Crippen LogP contribution in [0, 0.1) is 0 Å². The zero-order valence-electron chi connectivity index (χ0n) is 6.05. The lowest BCUT2D eigenvalue weighted by Gasteiger charge is -2.00. The molecule has 12 heavy (non-hydrogen) atoms. The second-order valence-electron chi connectivity index (χ2n) is 2.34. The highest BCUT2D eigenvalue weighted by Gasteiger charge is 2.25. The van der Waals surface area contributed by atoms with Crippen molar-refractivity contribution in [1.29, 1.82) is 0 Å². The number of allylic oxidation sites excluding steroid dienone is 3. The van der Waals surface area contributed by atoms with Gasteiger partial charge in [-0.15, -0.1) is 0 Å². The van der Waals surface area contributed by atoms with Crippen LogP contribution in [0.1, 0.15) is 0 Å². The van der Waals surface area contributed by atoms with Crippen LogP contribution in [0.3, 0.4) is 0 Å². The van der Waals surface area contributed by atoms with Crippen molar-refractivity contribution >= 4 is 5.97 Å². The van der Waals surface area contributed by atoms with Crippen molar-refractivity contribution in [3.63, 3.8) is 0 Å². The molecule has 0 atom stereocenters. The van der Waals surface area contributed by atoms with Crippen LogP contribution in [0.2, 0.25) is 0 Å². The predicted octanol–water partition coefficient (Wildman–Crippen LogP) is 1.76. The Labute approximate surface area is 67.5 Å². The molecule has 4 heteroatoms. The molecule has 0 radical (unpaired) electrons. The summed E-state index contributed by atoms with van der Waals surface area (Å²) in [5.41, 5.74) is -0.537. The van der Waals surface area contributed by atoms with E-state index >= 15 is 0 Å². The second kappa shape index (κ2) is 2.89. The number of rotatable bonds is 2. The van der Waals surface area contributed by atoms with E-state index < -0.39 is 18.0 Å². The molecule has 0 amide bonds. The van der Waals surface area contributed by atoms with Gasteiger partial charge in [0, 0.05) is 5.57 Å². The van der Waals surface area contributed by atoms with Gasteiger partial charge >= 0.3 is 5.97 Å². The van der Waals surface area contributed by atoms with E-state index in [9.17, 15) is 13.6 Å². The quantitative estimate of drug-likeness (QED) is 0.689. The summed E-state index contributed by atoms with van der Waals surface area (Å²) in [6.45, 7) is 3.37. The van der Waals surface area contributed by atoms with Gasteiger partial charge in [0.05, 0.1) is 5.57 Å². The molecular weight excluding hydrogens is 166 g/mol. The molecule has 1 aliphatic rings. The maximum absolute atomic E-state index is 12.1. The maximum Gasteiger partial charge on any atom is 0.336 e. The number of halogens is 2. The lowest BCUT2D eigenvalue weighted by Crippen LogP contribution is -2.06. The summed E-state index contributed by atoms with van der Waals surface area (Å²) in [6, 6.07) is 0. The Bertz CT molecular complexity index is 300. The van der Waals surface area contributed by atoms with Crippen molar-refractivity contribution < 1.29 is 18.7 Å². The number of alkyl halides is 2. The largest absolute Gasteiger partial charge is 0.478 e. The van der Waals surface area contributed by atoms with E-state index in [1.54, 1.807) is 0 Å². The summed E-state index contributed by atoms with van der Waals surface area (Å²) in [5, 5.41) is 8.47. The molecule has 0 aromatic rings. The molecular formula is C8H6F2O2. The molecule has 64 valence electrons. The maximum atomic E-state index is 12.1.